The number of hydrogen-bond donors (Lipinski definition) is 3. The van der Waals surface area contributed by atoms with Crippen molar-refractivity contribution in [2.45, 2.75) is 24.1 Å². The average Bonchev–Trinajstić information content (AvgIpc) is 3.30. The van der Waals surface area contributed by atoms with Gasteiger partial charge < -0.3 is 10.1 Å². The molecule has 33 heavy (non-hydrogen) atoms. The van der Waals surface area contributed by atoms with Crippen LogP contribution >= 0.6 is 0 Å². The molecular weight excluding hydrogens is 404 g/mol. The van der Waals surface area contributed by atoms with E-state index in [9.17, 15) is 5.11 Å². The molecule has 0 spiro atoms. The second-order valence-electron chi connectivity index (χ2n) is 8.83. The molecule has 1 aliphatic carbocycles. The summed E-state index contributed by atoms with van der Waals surface area (Å²) in [4.78, 5) is 3.38. The molecule has 3 nitrogen and oxygen atoms in total. The lowest BCUT2D eigenvalue weighted by Gasteiger charge is -2.42. The van der Waals surface area contributed by atoms with E-state index in [2.05, 4.69) is 95.4 Å². The van der Waals surface area contributed by atoms with Crippen LogP contribution in [-0.4, -0.2) is 16.1 Å². The second kappa shape index (κ2) is 8.04. The first-order valence-corrected chi connectivity index (χ1v) is 11.5. The number of hydrogen-bond acceptors (Lipinski definition) is 2. The first kappa shape index (κ1) is 20.0. The lowest BCUT2D eigenvalue weighted by molar-refractivity contribution is 0.114. The van der Waals surface area contributed by atoms with Gasteiger partial charge in [-0.15, -0.1) is 0 Å². The van der Waals surface area contributed by atoms with Crippen molar-refractivity contribution < 1.29 is 5.11 Å². The lowest BCUT2D eigenvalue weighted by Crippen LogP contribution is -2.53. The highest BCUT2D eigenvalue weighted by Crippen LogP contribution is 2.41. The normalized spacial score (nSPS) is 17.8. The highest BCUT2D eigenvalue weighted by Gasteiger charge is 2.41. The maximum Gasteiger partial charge on any atom is 0.0953 e. The molecule has 0 amide bonds. The Balaban J connectivity index is 1.55. The highest BCUT2D eigenvalue weighted by molar-refractivity contribution is 5.88. The molecule has 0 fully saturated rings. The Kier molecular flexibility index (Phi) is 4.87. The molecule has 0 unspecified atom stereocenters. The standard InChI is InChI=1S/C30H26N2O/c33-29-25-17-10-18-26-28(25)21(20-31-26)19-27(29)32-30(22-11-4-1-5-12-22,23-13-6-2-7-14-23)24-15-8-3-9-16-24/h1-18,20,27,29,31-33H,19H2/t27-,29+/m1/s1. The van der Waals surface area contributed by atoms with Crippen molar-refractivity contribution in [2.24, 2.45) is 0 Å². The van der Waals surface area contributed by atoms with Crippen LogP contribution in [0.1, 0.15) is 33.9 Å². The lowest BCUT2D eigenvalue weighted by atomic mass is 9.75. The monoisotopic (exact) mass is 430 g/mol. The summed E-state index contributed by atoms with van der Waals surface area (Å²) >= 11 is 0. The van der Waals surface area contributed by atoms with Crippen LogP contribution in [0, 0.1) is 0 Å². The van der Waals surface area contributed by atoms with Gasteiger partial charge in [0.05, 0.1) is 11.6 Å². The van der Waals surface area contributed by atoms with E-state index < -0.39 is 11.6 Å². The number of nitrogens with one attached hydrogen (secondary N) is 2. The van der Waals surface area contributed by atoms with Crippen LogP contribution in [0.15, 0.2) is 115 Å². The molecule has 0 saturated heterocycles. The summed E-state index contributed by atoms with van der Waals surface area (Å²) in [6.07, 6.45) is 2.21. The first-order chi connectivity index (χ1) is 16.3. The Morgan fingerprint density at radius 3 is 1.79 bits per heavy atom. The van der Waals surface area contributed by atoms with Gasteiger partial charge in [-0.05, 0) is 40.3 Å². The minimum Gasteiger partial charge on any atom is -0.387 e. The van der Waals surface area contributed by atoms with Crippen LogP contribution in [-0.2, 0) is 12.0 Å². The molecule has 162 valence electrons. The summed E-state index contributed by atoms with van der Waals surface area (Å²) in [7, 11) is 0. The number of H-pyrrole nitrogens is 1. The van der Waals surface area contributed by atoms with Crippen LogP contribution in [0.3, 0.4) is 0 Å². The Morgan fingerprint density at radius 1 is 0.697 bits per heavy atom. The number of rotatable bonds is 5. The van der Waals surface area contributed by atoms with Gasteiger partial charge in [0.2, 0.25) is 0 Å². The van der Waals surface area contributed by atoms with Gasteiger partial charge in [-0.2, -0.15) is 0 Å². The van der Waals surface area contributed by atoms with E-state index in [0.717, 1.165) is 39.6 Å². The molecule has 0 aliphatic heterocycles. The van der Waals surface area contributed by atoms with Crippen LogP contribution in [0.25, 0.3) is 10.9 Å². The van der Waals surface area contributed by atoms with E-state index in [1.54, 1.807) is 0 Å². The number of benzene rings is 4. The van der Waals surface area contributed by atoms with Crippen molar-refractivity contribution in [1.82, 2.24) is 10.3 Å². The van der Waals surface area contributed by atoms with E-state index in [1.807, 2.05) is 30.3 Å². The van der Waals surface area contributed by atoms with E-state index in [1.165, 1.54) is 5.56 Å². The highest BCUT2D eigenvalue weighted by atomic mass is 16.3. The molecule has 1 aromatic heterocycles. The molecule has 4 aromatic carbocycles. The topological polar surface area (TPSA) is 48.0 Å². The number of aliphatic hydroxyl groups is 1. The maximum atomic E-state index is 11.6. The second-order valence-corrected chi connectivity index (χ2v) is 8.83. The largest absolute Gasteiger partial charge is 0.387 e. The molecule has 3 N–H and O–H groups in total. The fourth-order valence-electron chi connectivity index (χ4n) is 5.48. The van der Waals surface area contributed by atoms with Gasteiger partial charge in [0.1, 0.15) is 0 Å². The Labute approximate surface area is 193 Å². The molecule has 1 heterocycles. The molecule has 5 aromatic rings. The van der Waals surface area contributed by atoms with Crippen molar-refractivity contribution in [3.63, 3.8) is 0 Å². The third-order valence-electron chi connectivity index (χ3n) is 6.98. The third-order valence-corrected chi connectivity index (χ3v) is 6.98. The van der Waals surface area contributed by atoms with Gasteiger partial charge in [-0.1, -0.05) is 103 Å². The molecule has 2 atom stereocenters. The maximum absolute atomic E-state index is 11.6. The predicted octanol–water partition coefficient (Wildman–Crippen LogP) is 5.71. The van der Waals surface area contributed by atoms with Gasteiger partial charge in [0, 0.05) is 23.1 Å². The number of aromatic amines is 1. The van der Waals surface area contributed by atoms with Gasteiger partial charge in [-0.3, -0.25) is 5.32 Å². The van der Waals surface area contributed by atoms with E-state index in [-0.39, 0.29) is 6.04 Å². The van der Waals surface area contributed by atoms with E-state index in [0.29, 0.717) is 0 Å². The van der Waals surface area contributed by atoms with Crippen molar-refractivity contribution in [1.29, 1.82) is 0 Å². The fourth-order valence-corrected chi connectivity index (χ4v) is 5.48. The number of aliphatic hydroxyl groups excluding tert-OH is 1. The summed E-state index contributed by atoms with van der Waals surface area (Å²) in [5.74, 6) is 0. The van der Waals surface area contributed by atoms with Gasteiger partial charge >= 0.3 is 0 Å². The van der Waals surface area contributed by atoms with Crippen molar-refractivity contribution in [2.75, 3.05) is 0 Å². The van der Waals surface area contributed by atoms with Crippen molar-refractivity contribution >= 4 is 10.9 Å². The minimum atomic E-state index is -0.618. The van der Waals surface area contributed by atoms with Gasteiger partial charge in [-0.25, -0.2) is 0 Å². The Bertz CT molecular complexity index is 1280. The summed E-state index contributed by atoms with van der Waals surface area (Å²) < 4.78 is 0. The van der Waals surface area contributed by atoms with Crippen LogP contribution in [0.5, 0.6) is 0 Å². The predicted molar refractivity (Wildman–Crippen MR) is 133 cm³/mol. The Morgan fingerprint density at radius 2 is 1.24 bits per heavy atom. The zero-order chi connectivity index (χ0) is 22.3. The summed E-state index contributed by atoms with van der Waals surface area (Å²) in [5.41, 5.74) is 6.13. The SMILES string of the molecule is O[C@H]1c2cccc3[nH]cc(c23)C[C@H]1NC(c1ccccc1)(c1ccccc1)c1ccccc1. The average molecular weight is 431 g/mol. The fraction of sp³-hybridized carbons (Fsp3) is 0.133. The Hall–Kier alpha value is -3.66. The smallest absolute Gasteiger partial charge is 0.0953 e. The van der Waals surface area contributed by atoms with Crippen molar-refractivity contribution in [3.8, 4) is 0 Å². The molecule has 1 aliphatic rings. The molecular formula is C30H26N2O. The quantitative estimate of drug-likeness (QED) is 0.313. The van der Waals surface area contributed by atoms with Gasteiger partial charge in [0.25, 0.3) is 0 Å². The van der Waals surface area contributed by atoms with Gasteiger partial charge in [0.15, 0.2) is 0 Å². The summed E-state index contributed by atoms with van der Waals surface area (Å²) in [5, 5.41) is 16.7. The van der Waals surface area contributed by atoms with Crippen LogP contribution in [0.4, 0.5) is 0 Å². The zero-order valence-electron chi connectivity index (χ0n) is 18.3. The minimum absolute atomic E-state index is 0.167. The number of aromatic nitrogens is 1. The third kappa shape index (κ3) is 3.20. The summed E-state index contributed by atoms with van der Waals surface area (Å²) in [6.45, 7) is 0. The molecule has 0 radical (unpaired) electrons. The molecule has 0 saturated carbocycles. The zero-order valence-corrected chi connectivity index (χ0v) is 18.3. The summed E-state index contributed by atoms with van der Waals surface area (Å²) in [6, 6.07) is 37.6. The van der Waals surface area contributed by atoms with Crippen LogP contribution < -0.4 is 5.32 Å². The van der Waals surface area contributed by atoms with Crippen LogP contribution in [0.2, 0.25) is 0 Å². The van der Waals surface area contributed by atoms with E-state index >= 15 is 0 Å². The molecule has 3 heteroatoms. The molecule has 6 rings (SSSR count). The first-order valence-electron chi connectivity index (χ1n) is 11.5. The van der Waals surface area contributed by atoms with E-state index in [4.69, 9.17) is 0 Å². The molecule has 0 bridgehead atoms. The van der Waals surface area contributed by atoms with Crippen molar-refractivity contribution in [3.05, 3.63) is 143 Å².